The Morgan fingerprint density at radius 1 is 0.893 bits per heavy atom. The summed E-state index contributed by atoms with van der Waals surface area (Å²) in [6.07, 6.45) is -0.0756. The Kier molecular flexibility index (Phi) is 11.1. The zero-order chi connectivity index (χ0) is 40.0. The summed E-state index contributed by atoms with van der Waals surface area (Å²) in [7, 11) is -3.61. The number of fused-ring (bicyclic) bond motifs is 3. The molecule has 1 aromatic heterocycles. The number of alkyl halides is 3. The average Bonchev–Trinajstić information content (AvgIpc) is 3.51. The predicted octanol–water partition coefficient (Wildman–Crippen LogP) is 8.34. The lowest BCUT2D eigenvalue weighted by molar-refractivity contribution is -0.0615. The molecule has 0 spiro atoms. The van der Waals surface area contributed by atoms with Crippen LogP contribution in [0, 0.1) is 23.4 Å². The molecule has 5 nitrogen and oxygen atoms in total. The van der Waals surface area contributed by atoms with E-state index in [0.717, 1.165) is 12.1 Å². The number of benzene rings is 4. The van der Waals surface area contributed by atoms with Gasteiger partial charge >= 0.3 is 0 Å². The first-order valence-electron chi connectivity index (χ1n) is 19.2. The molecule has 0 bridgehead atoms. The van der Waals surface area contributed by atoms with E-state index in [1.54, 1.807) is 13.0 Å². The second kappa shape index (κ2) is 15.6. The minimum absolute atomic E-state index is 0.0534. The fourth-order valence-electron chi connectivity index (χ4n) is 8.85. The smallest absolute Gasteiger partial charge is 0.260 e. The lowest BCUT2D eigenvalue weighted by atomic mass is 9.85. The molecule has 1 fully saturated rings. The number of carbonyl (C=O) groups excluding carboxylic acids is 1. The van der Waals surface area contributed by atoms with E-state index in [1.807, 2.05) is 79.4 Å². The largest absolute Gasteiger partial charge is 0.424 e. The van der Waals surface area contributed by atoms with Crippen LogP contribution in [0.3, 0.4) is 0 Å². The fourth-order valence-corrected chi connectivity index (χ4v) is 12.6. The molecule has 2 aliphatic rings. The maximum atomic E-state index is 16.6. The quantitative estimate of drug-likeness (QED) is 0.0675. The number of H-pyrrole nitrogens is 1. The molecule has 7 rings (SSSR count). The lowest BCUT2D eigenvalue weighted by Gasteiger charge is -2.44. The van der Waals surface area contributed by atoms with Gasteiger partial charge in [0.2, 0.25) is 0 Å². The van der Waals surface area contributed by atoms with E-state index in [-0.39, 0.29) is 24.1 Å². The normalized spacial score (nSPS) is 18.6. The molecule has 1 saturated heterocycles. The molecule has 5 aromatic rings. The van der Waals surface area contributed by atoms with Crippen molar-refractivity contribution in [2.45, 2.75) is 69.5 Å². The molecule has 2 atom stereocenters. The monoisotopic (exact) mass is 791 g/mol. The Morgan fingerprint density at radius 2 is 1.50 bits per heavy atom. The molecule has 56 heavy (non-hydrogen) atoms. The van der Waals surface area contributed by atoms with Gasteiger partial charge in [-0.25, -0.2) is 22.0 Å². The standard InChI is InChI=1S/C44H47F6N3O2Si/c1-28-21-35-34-16-15-31(46)24-38(34)51-40(35)41(39-36(47)22-29(23-37(39)48)42(54)30-25-52(26-30)20-10-19-45)53(28)27-44(49,50)18-17-43(2,3)56(55,32-11-6-4-7-12-32)33-13-8-5-9-14-33/h4-9,11-16,22-24,28,30,41,51,55H,10,17-21,25-27H2,1-3H3/t28-,41-/m1/s1. The van der Waals surface area contributed by atoms with E-state index in [1.165, 1.54) is 17.0 Å². The SMILES string of the molecule is C[C@@H]1Cc2c([nH]c3cc(F)ccc23)[C@@H](c2c(F)cc(C(=O)C3CN(CCCF)C3)cc2F)N1CC(F)(F)CCC(C)(C)[Si](O)(c1ccccc1)c1ccccc1. The van der Waals surface area contributed by atoms with Crippen LogP contribution in [0.2, 0.25) is 5.04 Å². The topological polar surface area (TPSA) is 59.6 Å². The first kappa shape index (κ1) is 40.0. The van der Waals surface area contributed by atoms with Gasteiger partial charge in [0.15, 0.2) is 5.78 Å². The third-order valence-electron chi connectivity index (χ3n) is 12.0. The summed E-state index contributed by atoms with van der Waals surface area (Å²) in [5.74, 6) is -6.93. The highest BCUT2D eigenvalue weighted by Gasteiger charge is 2.52. The number of hydrogen-bond donors (Lipinski definition) is 2. The van der Waals surface area contributed by atoms with E-state index in [2.05, 4.69) is 4.98 Å². The maximum Gasteiger partial charge on any atom is 0.260 e. The van der Waals surface area contributed by atoms with Crippen LogP contribution >= 0.6 is 0 Å². The average molecular weight is 792 g/mol. The molecule has 296 valence electrons. The van der Waals surface area contributed by atoms with Gasteiger partial charge in [0, 0.05) is 65.7 Å². The van der Waals surface area contributed by atoms with Crippen molar-refractivity contribution in [1.82, 2.24) is 14.8 Å². The second-order valence-corrected chi connectivity index (χ2v) is 20.2. The Morgan fingerprint density at radius 3 is 2.09 bits per heavy atom. The van der Waals surface area contributed by atoms with Gasteiger partial charge < -0.3 is 14.7 Å². The number of aromatic amines is 1. The number of Topliss-reactive ketones (excluding diaryl/α,β-unsaturated/α-hetero) is 1. The summed E-state index contributed by atoms with van der Waals surface area (Å²) in [5.41, 5.74) is 0.680. The molecule has 12 heteroatoms. The number of halogens is 6. The number of rotatable bonds is 14. The van der Waals surface area contributed by atoms with Gasteiger partial charge in [0.05, 0.1) is 19.3 Å². The van der Waals surface area contributed by atoms with Crippen LogP contribution in [0.25, 0.3) is 10.9 Å². The van der Waals surface area contributed by atoms with Gasteiger partial charge in [-0.1, -0.05) is 74.5 Å². The molecule has 0 amide bonds. The first-order chi connectivity index (χ1) is 26.6. The summed E-state index contributed by atoms with van der Waals surface area (Å²) >= 11 is 0. The highest BCUT2D eigenvalue weighted by atomic mass is 28.4. The van der Waals surface area contributed by atoms with Crippen molar-refractivity contribution in [1.29, 1.82) is 0 Å². The molecule has 2 aliphatic heterocycles. The second-order valence-electron chi connectivity index (χ2n) is 16.2. The van der Waals surface area contributed by atoms with Gasteiger partial charge in [-0.2, -0.15) is 0 Å². The zero-order valence-electron chi connectivity index (χ0n) is 31.8. The van der Waals surface area contributed by atoms with Crippen LogP contribution in [0.1, 0.15) is 73.3 Å². The highest BCUT2D eigenvalue weighted by molar-refractivity contribution is 6.98. The van der Waals surface area contributed by atoms with E-state index in [9.17, 15) is 18.4 Å². The highest BCUT2D eigenvalue weighted by Crippen LogP contribution is 2.46. The van der Waals surface area contributed by atoms with Crippen molar-refractivity contribution in [3.8, 4) is 0 Å². The van der Waals surface area contributed by atoms with Crippen molar-refractivity contribution in [3.63, 3.8) is 0 Å². The summed E-state index contributed by atoms with van der Waals surface area (Å²) in [4.78, 5) is 32.3. The van der Waals surface area contributed by atoms with Crippen molar-refractivity contribution in [2.24, 2.45) is 5.92 Å². The lowest BCUT2D eigenvalue weighted by Crippen LogP contribution is -2.65. The maximum absolute atomic E-state index is 16.6. The minimum atomic E-state index is -3.61. The Hall–Kier alpha value is -4.23. The summed E-state index contributed by atoms with van der Waals surface area (Å²) in [6, 6.07) is 22.4. The zero-order valence-corrected chi connectivity index (χ0v) is 32.8. The Bertz CT molecular complexity index is 2130. The first-order valence-corrected chi connectivity index (χ1v) is 21.2. The molecule has 0 radical (unpaired) electrons. The molecule has 4 aromatic carbocycles. The van der Waals surface area contributed by atoms with E-state index >= 15 is 17.6 Å². The predicted molar refractivity (Wildman–Crippen MR) is 210 cm³/mol. The van der Waals surface area contributed by atoms with Gasteiger partial charge in [0.25, 0.3) is 14.2 Å². The molecule has 2 N–H and O–H groups in total. The van der Waals surface area contributed by atoms with Crippen molar-refractivity contribution in [3.05, 3.63) is 131 Å². The van der Waals surface area contributed by atoms with Crippen molar-refractivity contribution in [2.75, 3.05) is 32.9 Å². The van der Waals surface area contributed by atoms with E-state index in [4.69, 9.17) is 0 Å². The van der Waals surface area contributed by atoms with Crippen LogP contribution in [-0.4, -0.2) is 78.5 Å². The van der Waals surface area contributed by atoms with Gasteiger partial charge in [-0.3, -0.25) is 14.1 Å². The summed E-state index contributed by atoms with van der Waals surface area (Å²) in [5, 5.41) is 1.07. The molecule has 0 unspecified atom stereocenters. The minimum Gasteiger partial charge on any atom is -0.424 e. The number of ketones is 1. The number of likely N-dealkylation sites (tertiary alicyclic amines) is 1. The number of nitrogens with one attached hydrogen (secondary N) is 1. The number of carbonyl (C=O) groups is 1. The number of aromatic nitrogens is 1. The molecular weight excluding hydrogens is 745 g/mol. The molecule has 0 aliphatic carbocycles. The van der Waals surface area contributed by atoms with Gasteiger partial charge in [-0.05, 0) is 77.5 Å². The van der Waals surface area contributed by atoms with E-state index in [0.29, 0.717) is 52.9 Å². The van der Waals surface area contributed by atoms with Crippen LogP contribution in [0.4, 0.5) is 26.3 Å². The molecule has 3 heterocycles. The van der Waals surface area contributed by atoms with Crippen LogP contribution in [0.5, 0.6) is 0 Å². The van der Waals surface area contributed by atoms with Gasteiger partial charge in [-0.15, -0.1) is 0 Å². The van der Waals surface area contributed by atoms with Crippen LogP contribution in [0.15, 0.2) is 91.0 Å². The Balaban J connectivity index is 1.21. The van der Waals surface area contributed by atoms with Crippen molar-refractivity contribution < 1.29 is 35.9 Å². The summed E-state index contributed by atoms with van der Waals surface area (Å²) < 4.78 is 93.1. The number of nitrogens with zero attached hydrogens (tertiary/aromatic N) is 2. The third-order valence-corrected chi connectivity index (χ3v) is 16.6. The van der Waals surface area contributed by atoms with E-state index < -0.39 is 85.7 Å². The van der Waals surface area contributed by atoms with Crippen LogP contribution in [-0.2, 0) is 6.42 Å². The van der Waals surface area contributed by atoms with Gasteiger partial charge in [0.1, 0.15) is 17.5 Å². The van der Waals surface area contributed by atoms with Crippen LogP contribution < -0.4 is 10.4 Å². The third kappa shape index (κ3) is 7.48. The molecule has 0 saturated carbocycles. The summed E-state index contributed by atoms with van der Waals surface area (Å²) in [6.45, 7) is 5.23. The number of hydrogen-bond acceptors (Lipinski definition) is 4. The fraction of sp³-hybridized carbons (Fsp3) is 0.386. The molecular formula is C44H47F6N3O2Si. The van der Waals surface area contributed by atoms with Crippen molar-refractivity contribution >= 4 is 35.4 Å². The Labute approximate surface area is 324 Å².